The molecule has 0 spiro atoms. The lowest BCUT2D eigenvalue weighted by molar-refractivity contribution is -0.0170. The average Bonchev–Trinajstić information content (AvgIpc) is 2.59. The van der Waals surface area contributed by atoms with Crippen LogP contribution in [0.4, 0.5) is 0 Å². The summed E-state index contributed by atoms with van der Waals surface area (Å²) in [5.74, 6) is -1.11. The van der Waals surface area contributed by atoms with Crippen molar-refractivity contribution in [3.63, 3.8) is 0 Å². The van der Waals surface area contributed by atoms with E-state index in [1.54, 1.807) is 60.7 Å². The Morgan fingerprint density at radius 2 is 1.36 bits per heavy atom. The average molecular weight is 300 g/mol. The Morgan fingerprint density at radius 1 is 0.864 bits per heavy atom. The number of hydrogen-bond donors (Lipinski definition) is 1. The molecular weight excluding hydrogens is 284 g/mol. The van der Waals surface area contributed by atoms with Crippen LogP contribution in [-0.2, 0) is 9.47 Å². The Bertz CT molecular complexity index is 609. The first kappa shape index (κ1) is 15.7. The summed E-state index contributed by atoms with van der Waals surface area (Å²) in [6, 6.07) is 16.9. The predicted octanol–water partition coefficient (Wildman–Crippen LogP) is 2.06. The fourth-order valence-electron chi connectivity index (χ4n) is 1.74. The second-order valence-corrected chi connectivity index (χ2v) is 4.54. The molecule has 0 amide bonds. The van der Waals surface area contributed by atoms with Crippen LogP contribution in [0, 0.1) is 0 Å². The molecule has 0 saturated carbocycles. The second-order valence-electron chi connectivity index (χ2n) is 4.54. The molecule has 0 saturated heterocycles. The molecule has 22 heavy (non-hydrogen) atoms. The molecule has 0 radical (unpaired) electrons. The summed E-state index contributed by atoms with van der Waals surface area (Å²) in [7, 11) is 0. The highest BCUT2D eigenvalue weighted by molar-refractivity contribution is 5.90. The highest BCUT2D eigenvalue weighted by Gasteiger charge is 2.17. The van der Waals surface area contributed by atoms with Gasteiger partial charge in [0.15, 0.2) is 6.10 Å². The molecule has 5 nitrogen and oxygen atoms in total. The molecule has 1 unspecified atom stereocenters. The highest BCUT2D eigenvalue weighted by Crippen LogP contribution is 2.06. The largest absolute Gasteiger partial charge is 0.458 e. The maximum atomic E-state index is 11.9. The number of ether oxygens (including phenoxy) is 2. The Hall–Kier alpha value is -2.66. The molecule has 0 heterocycles. The van der Waals surface area contributed by atoms with E-state index in [1.165, 1.54) is 0 Å². The SMILES string of the molecule is O=C(OCC(CO)OC(=O)c1ccccc1)c1ccccc1. The molecule has 114 valence electrons. The van der Waals surface area contributed by atoms with Gasteiger partial charge in [-0.2, -0.15) is 0 Å². The summed E-state index contributed by atoms with van der Waals surface area (Å²) >= 11 is 0. The number of benzene rings is 2. The third-order valence-electron chi connectivity index (χ3n) is 2.90. The van der Waals surface area contributed by atoms with E-state index in [0.717, 1.165) is 0 Å². The van der Waals surface area contributed by atoms with Gasteiger partial charge in [0.2, 0.25) is 0 Å². The monoisotopic (exact) mass is 300 g/mol. The topological polar surface area (TPSA) is 72.8 Å². The molecular formula is C17H16O5. The molecule has 2 rings (SSSR count). The number of esters is 2. The van der Waals surface area contributed by atoms with Gasteiger partial charge in [0, 0.05) is 0 Å². The van der Waals surface area contributed by atoms with Gasteiger partial charge in [-0.15, -0.1) is 0 Å². The van der Waals surface area contributed by atoms with Crippen molar-refractivity contribution in [1.82, 2.24) is 0 Å². The molecule has 0 aliphatic carbocycles. The summed E-state index contributed by atoms with van der Waals surface area (Å²) in [6.45, 7) is -0.635. The maximum Gasteiger partial charge on any atom is 0.338 e. The summed E-state index contributed by atoms with van der Waals surface area (Å²) in [5.41, 5.74) is 0.768. The Labute approximate surface area is 128 Å². The normalized spacial score (nSPS) is 11.5. The number of carbonyl (C=O) groups is 2. The van der Waals surface area contributed by atoms with Crippen molar-refractivity contribution in [3.8, 4) is 0 Å². The van der Waals surface area contributed by atoms with Crippen molar-refractivity contribution in [1.29, 1.82) is 0 Å². The molecule has 1 atom stereocenters. The van der Waals surface area contributed by atoms with E-state index in [0.29, 0.717) is 11.1 Å². The predicted molar refractivity (Wildman–Crippen MR) is 79.5 cm³/mol. The van der Waals surface area contributed by atoms with E-state index >= 15 is 0 Å². The number of rotatable bonds is 6. The van der Waals surface area contributed by atoms with E-state index in [4.69, 9.17) is 9.47 Å². The minimum absolute atomic E-state index is 0.206. The van der Waals surface area contributed by atoms with Gasteiger partial charge < -0.3 is 14.6 Å². The van der Waals surface area contributed by atoms with Gasteiger partial charge in [0.1, 0.15) is 6.61 Å². The van der Waals surface area contributed by atoms with Crippen LogP contribution < -0.4 is 0 Å². The van der Waals surface area contributed by atoms with Crippen LogP contribution in [0.1, 0.15) is 20.7 Å². The zero-order chi connectivity index (χ0) is 15.8. The molecule has 0 bridgehead atoms. The molecule has 2 aromatic carbocycles. The quantitative estimate of drug-likeness (QED) is 0.827. The van der Waals surface area contributed by atoms with E-state index in [2.05, 4.69) is 0 Å². The van der Waals surface area contributed by atoms with Gasteiger partial charge >= 0.3 is 11.9 Å². The van der Waals surface area contributed by atoms with E-state index in [1.807, 2.05) is 0 Å². The van der Waals surface area contributed by atoms with Crippen molar-refractivity contribution in [2.24, 2.45) is 0 Å². The highest BCUT2D eigenvalue weighted by atomic mass is 16.6. The number of carbonyl (C=O) groups excluding carboxylic acids is 2. The van der Waals surface area contributed by atoms with E-state index < -0.39 is 24.6 Å². The smallest absolute Gasteiger partial charge is 0.338 e. The van der Waals surface area contributed by atoms with Crippen molar-refractivity contribution >= 4 is 11.9 Å². The van der Waals surface area contributed by atoms with Crippen LogP contribution >= 0.6 is 0 Å². The molecule has 2 aromatic rings. The lowest BCUT2D eigenvalue weighted by atomic mass is 10.2. The van der Waals surface area contributed by atoms with Gasteiger partial charge in [-0.3, -0.25) is 0 Å². The lowest BCUT2D eigenvalue weighted by Crippen LogP contribution is -2.28. The first-order chi connectivity index (χ1) is 10.7. The molecule has 0 aliphatic heterocycles. The fourth-order valence-corrected chi connectivity index (χ4v) is 1.74. The summed E-state index contributed by atoms with van der Waals surface area (Å²) in [4.78, 5) is 23.6. The van der Waals surface area contributed by atoms with Crippen LogP contribution in [0.3, 0.4) is 0 Å². The van der Waals surface area contributed by atoms with Crippen molar-refractivity contribution in [2.45, 2.75) is 6.10 Å². The first-order valence-corrected chi connectivity index (χ1v) is 6.79. The summed E-state index contributed by atoms with van der Waals surface area (Å²) in [5, 5.41) is 9.24. The minimum Gasteiger partial charge on any atom is -0.458 e. The zero-order valence-electron chi connectivity index (χ0n) is 11.8. The minimum atomic E-state index is -0.902. The number of hydrogen-bond acceptors (Lipinski definition) is 5. The molecule has 1 N–H and O–H groups in total. The number of aliphatic hydroxyl groups excluding tert-OH is 1. The molecule has 5 heteroatoms. The molecule has 0 aliphatic rings. The van der Waals surface area contributed by atoms with Crippen LogP contribution in [-0.4, -0.2) is 36.4 Å². The lowest BCUT2D eigenvalue weighted by Gasteiger charge is -2.15. The molecule has 0 aromatic heterocycles. The van der Waals surface area contributed by atoms with Gasteiger partial charge in [0.05, 0.1) is 17.7 Å². The molecule has 0 fully saturated rings. The Morgan fingerprint density at radius 3 is 1.86 bits per heavy atom. The Kier molecular flexibility index (Phi) is 5.68. The van der Waals surface area contributed by atoms with Gasteiger partial charge in [-0.25, -0.2) is 9.59 Å². The van der Waals surface area contributed by atoms with Gasteiger partial charge in [0.25, 0.3) is 0 Å². The van der Waals surface area contributed by atoms with Crippen LogP contribution in [0.5, 0.6) is 0 Å². The third kappa shape index (κ3) is 4.43. The standard InChI is InChI=1S/C17H16O5/c18-11-15(22-17(20)14-9-5-2-6-10-14)12-21-16(19)13-7-3-1-4-8-13/h1-10,15,18H,11-12H2. The fraction of sp³-hybridized carbons (Fsp3) is 0.176. The zero-order valence-corrected chi connectivity index (χ0v) is 11.8. The van der Waals surface area contributed by atoms with Crippen molar-refractivity contribution in [3.05, 3.63) is 71.8 Å². The van der Waals surface area contributed by atoms with E-state index in [-0.39, 0.29) is 6.61 Å². The van der Waals surface area contributed by atoms with Gasteiger partial charge in [-0.05, 0) is 24.3 Å². The summed E-state index contributed by atoms with van der Waals surface area (Å²) < 4.78 is 10.1. The van der Waals surface area contributed by atoms with Gasteiger partial charge in [-0.1, -0.05) is 36.4 Å². The second kappa shape index (κ2) is 7.95. The Balaban J connectivity index is 1.87. The third-order valence-corrected chi connectivity index (χ3v) is 2.90. The summed E-state index contributed by atoms with van der Waals surface area (Å²) in [6.07, 6.45) is -0.902. The van der Waals surface area contributed by atoms with Crippen LogP contribution in [0.25, 0.3) is 0 Å². The van der Waals surface area contributed by atoms with Crippen LogP contribution in [0.15, 0.2) is 60.7 Å². The number of aliphatic hydroxyl groups is 1. The van der Waals surface area contributed by atoms with Crippen molar-refractivity contribution < 1.29 is 24.2 Å². The van der Waals surface area contributed by atoms with Crippen molar-refractivity contribution in [2.75, 3.05) is 13.2 Å². The van der Waals surface area contributed by atoms with Crippen LogP contribution in [0.2, 0.25) is 0 Å². The maximum absolute atomic E-state index is 11.9. The first-order valence-electron chi connectivity index (χ1n) is 6.79. The van der Waals surface area contributed by atoms with E-state index in [9.17, 15) is 14.7 Å².